The fourth-order valence-electron chi connectivity index (χ4n) is 1.51. The van der Waals surface area contributed by atoms with E-state index < -0.39 is 11.7 Å². The highest BCUT2D eigenvalue weighted by Gasteiger charge is 2.17. The molecule has 0 saturated carbocycles. The highest BCUT2D eigenvalue weighted by Crippen LogP contribution is 2.23. The molecule has 19 heavy (non-hydrogen) atoms. The van der Waals surface area contributed by atoms with Crippen molar-refractivity contribution in [2.24, 2.45) is 0 Å². The highest BCUT2D eigenvalue weighted by atomic mass is 35.5. The molecule has 0 atom stereocenters. The van der Waals surface area contributed by atoms with Gasteiger partial charge >= 0.3 is 6.09 Å². The lowest BCUT2D eigenvalue weighted by Gasteiger charge is -2.20. The Labute approximate surface area is 118 Å². The molecule has 104 valence electrons. The number of aryl methyl sites for hydroxylation is 1. The Morgan fingerprint density at radius 3 is 2.68 bits per heavy atom. The van der Waals surface area contributed by atoms with Gasteiger partial charge in [-0.05, 0) is 44.9 Å². The van der Waals surface area contributed by atoms with Crippen LogP contribution < -0.4 is 5.32 Å². The number of halogens is 1. The Morgan fingerprint density at radius 2 is 2.11 bits per heavy atom. The van der Waals surface area contributed by atoms with E-state index in [4.69, 9.17) is 16.3 Å². The van der Waals surface area contributed by atoms with Gasteiger partial charge in [-0.15, -0.1) is 0 Å². The van der Waals surface area contributed by atoms with Crippen LogP contribution in [-0.4, -0.2) is 18.0 Å². The summed E-state index contributed by atoms with van der Waals surface area (Å²) in [6.07, 6.45) is 1.24. The first kappa shape index (κ1) is 15.5. The quantitative estimate of drug-likeness (QED) is 0.855. The number of hydrogen-bond donors (Lipinski definition) is 1. The van der Waals surface area contributed by atoms with Gasteiger partial charge in [-0.3, -0.25) is 5.32 Å². The molecule has 1 aromatic carbocycles. The summed E-state index contributed by atoms with van der Waals surface area (Å²) in [7, 11) is 0. The Bertz CT molecular complexity index is 466. The van der Waals surface area contributed by atoms with Crippen LogP contribution in [0.1, 0.15) is 32.8 Å². The van der Waals surface area contributed by atoms with Crippen LogP contribution in [0.5, 0.6) is 0 Å². The number of ether oxygens (including phenoxy) is 1. The lowest BCUT2D eigenvalue weighted by atomic mass is 10.1. The van der Waals surface area contributed by atoms with Crippen LogP contribution in [0.15, 0.2) is 18.2 Å². The first-order valence-electron chi connectivity index (χ1n) is 6.04. The number of benzene rings is 1. The number of carbonyl (C=O) groups is 2. The molecule has 0 bridgehead atoms. The van der Waals surface area contributed by atoms with E-state index in [1.165, 1.54) is 0 Å². The molecule has 0 aliphatic rings. The molecule has 0 heterocycles. The summed E-state index contributed by atoms with van der Waals surface area (Å²) in [5.41, 5.74) is 0.858. The van der Waals surface area contributed by atoms with Gasteiger partial charge in [-0.25, -0.2) is 4.79 Å². The van der Waals surface area contributed by atoms with Crippen molar-refractivity contribution in [1.82, 2.24) is 0 Å². The summed E-state index contributed by atoms with van der Waals surface area (Å²) in [5, 5.41) is 3.17. The van der Waals surface area contributed by atoms with Crippen molar-refractivity contribution in [3.63, 3.8) is 0 Å². The van der Waals surface area contributed by atoms with Crippen LogP contribution in [0.3, 0.4) is 0 Å². The molecule has 0 radical (unpaired) electrons. The fraction of sp³-hybridized carbons (Fsp3) is 0.429. The molecular weight excluding hydrogens is 266 g/mol. The zero-order valence-corrected chi connectivity index (χ0v) is 12.1. The number of amides is 1. The summed E-state index contributed by atoms with van der Waals surface area (Å²) < 4.78 is 5.18. The number of aldehydes is 1. The predicted octanol–water partition coefficient (Wildman–Crippen LogP) is 3.82. The molecule has 0 saturated heterocycles. The largest absolute Gasteiger partial charge is 0.444 e. The van der Waals surface area contributed by atoms with Crippen LogP contribution in [0.25, 0.3) is 0 Å². The summed E-state index contributed by atoms with van der Waals surface area (Å²) in [5.74, 6) is 0. The maximum absolute atomic E-state index is 11.7. The van der Waals surface area contributed by atoms with Crippen molar-refractivity contribution >= 4 is 29.7 Å². The molecule has 0 unspecified atom stereocenters. The van der Waals surface area contributed by atoms with E-state index >= 15 is 0 Å². The third-order valence-electron chi connectivity index (χ3n) is 2.24. The third kappa shape index (κ3) is 5.75. The second-order valence-corrected chi connectivity index (χ2v) is 5.57. The van der Waals surface area contributed by atoms with E-state index in [0.717, 1.165) is 11.8 Å². The van der Waals surface area contributed by atoms with Crippen molar-refractivity contribution in [3.8, 4) is 0 Å². The lowest BCUT2D eigenvalue weighted by Crippen LogP contribution is -2.27. The second-order valence-electron chi connectivity index (χ2n) is 5.13. The SMILES string of the molecule is CC(C)(C)OC(=O)Nc1cc(Cl)ccc1CCC=O. The maximum atomic E-state index is 11.7. The van der Waals surface area contributed by atoms with Gasteiger partial charge in [-0.1, -0.05) is 17.7 Å². The summed E-state index contributed by atoms with van der Waals surface area (Å²) in [4.78, 5) is 22.1. The third-order valence-corrected chi connectivity index (χ3v) is 2.47. The number of rotatable bonds is 4. The zero-order chi connectivity index (χ0) is 14.5. The maximum Gasteiger partial charge on any atom is 0.412 e. The molecule has 1 aromatic rings. The Balaban J connectivity index is 2.83. The van der Waals surface area contributed by atoms with Gasteiger partial charge < -0.3 is 9.53 Å². The molecule has 4 nitrogen and oxygen atoms in total. The first-order valence-corrected chi connectivity index (χ1v) is 6.41. The minimum atomic E-state index is -0.564. The fourth-order valence-corrected chi connectivity index (χ4v) is 1.68. The van der Waals surface area contributed by atoms with Gasteiger partial charge in [0.2, 0.25) is 0 Å². The van der Waals surface area contributed by atoms with Crippen molar-refractivity contribution in [2.45, 2.75) is 39.2 Å². The molecule has 1 rings (SSSR count). The van der Waals surface area contributed by atoms with E-state index in [2.05, 4.69) is 5.32 Å². The van der Waals surface area contributed by atoms with Gasteiger partial charge in [0.1, 0.15) is 11.9 Å². The number of carbonyl (C=O) groups excluding carboxylic acids is 2. The topological polar surface area (TPSA) is 55.4 Å². The van der Waals surface area contributed by atoms with E-state index in [9.17, 15) is 9.59 Å². The molecule has 0 fully saturated rings. The van der Waals surface area contributed by atoms with E-state index in [1.54, 1.807) is 39.0 Å². The van der Waals surface area contributed by atoms with Crippen LogP contribution in [-0.2, 0) is 16.0 Å². The monoisotopic (exact) mass is 283 g/mol. The standard InChI is InChI=1S/C14H18ClNO3/c1-14(2,3)19-13(18)16-12-9-11(15)7-6-10(12)5-4-8-17/h6-9H,4-5H2,1-3H3,(H,16,18). The minimum Gasteiger partial charge on any atom is -0.444 e. The van der Waals surface area contributed by atoms with E-state index in [0.29, 0.717) is 23.6 Å². The summed E-state index contributed by atoms with van der Waals surface area (Å²) >= 11 is 5.91. The van der Waals surface area contributed by atoms with Gasteiger partial charge in [0.25, 0.3) is 0 Å². The van der Waals surface area contributed by atoms with Crippen LogP contribution in [0.2, 0.25) is 5.02 Å². The summed E-state index contributed by atoms with van der Waals surface area (Å²) in [6, 6.07) is 5.16. The molecule has 0 aliphatic heterocycles. The first-order chi connectivity index (χ1) is 8.81. The number of nitrogens with one attached hydrogen (secondary N) is 1. The van der Waals surface area contributed by atoms with Gasteiger partial charge in [0.15, 0.2) is 0 Å². The molecule has 0 aromatic heterocycles. The van der Waals surface area contributed by atoms with E-state index in [1.807, 2.05) is 0 Å². The Kier molecular flexibility index (Phi) is 5.36. The van der Waals surface area contributed by atoms with Gasteiger partial charge in [0, 0.05) is 17.1 Å². The highest BCUT2D eigenvalue weighted by molar-refractivity contribution is 6.31. The molecule has 5 heteroatoms. The van der Waals surface area contributed by atoms with Gasteiger partial charge in [0.05, 0.1) is 0 Å². The van der Waals surface area contributed by atoms with Crippen molar-refractivity contribution in [1.29, 1.82) is 0 Å². The van der Waals surface area contributed by atoms with E-state index in [-0.39, 0.29) is 0 Å². The van der Waals surface area contributed by atoms with Crippen molar-refractivity contribution in [2.75, 3.05) is 5.32 Å². The zero-order valence-electron chi connectivity index (χ0n) is 11.3. The van der Waals surface area contributed by atoms with Crippen molar-refractivity contribution < 1.29 is 14.3 Å². The molecule has 0 aliphatic carbocycles. The van der Waals surface area contributed by atoms with Crippen LogP contribution in [0, 0.1) is 0 Å². The van der Waals surface area contributed by atoms with Gasteiger partial charge in [-0.2, -0.15) is 0 Å². The van der Waals surface area contributed by atoms with Crippen LogP contribution in [0.4, 0.5) is 10.5 Å². The summed E-state index contributed by atoms with van der Waals surface area (Å²) in [6.45, 7) is 5.37. The molecule has 0 spiro atoms. The number of anilines is 1. The second kappa shape index (κ2) is 6.57. The molecular formula is C14H18ClNO3. The average Bonchev–Trinajstić information content (AvgIpc) is 2.25. The molecule has 1 amide bonds. The minimum absolute atomic E-state index is 0.393. The molecule has 1 N–H and O–H groups in total. The normalized spacial score (nSPS) is 10.9. The smallest absolute Gasteiger partial charge is 0.412 e. The lowest BCUT2D eigenvalue weighted by molar-refractivity contribution is -0.107. The van der Waals surface area contributed by atoms with Crippen molar-refractivity contribution in [3.05, 3.63) is 28.8 Å². The number of hydrogen-bond acceptors (Lipinski definition) is 3. The average molecular weight is 284 g/mol. The Morgan fingerprint density at radius 1 is 1.42 bits per heavy atom. The Hall–Kier alpha value is -1.55. The predicted molar refractivity (Wildman–Crippen MR) is 75.7 cm³/mol. The van der Waals surface area contributed by atoms with Crippen LogP contribution >= 0.6 is 11.6 Å².